The second-order valence-corrected chi connectivity index (χ2v) is 7.97. The number of rotatable bonds is 9. The van der Waals surface area contributed by atoms with E-state index in [0.29, 0.717) is 16.7 Å². The van der Waals surface area contributed by atoms with Gasteiger partial charge in [-0.25, -0.2) is 0 Å². The fraction of sp³-hybridized carbons (Fsp3) is 0.500. The molecule has 0 spiro atoms. The molecule has 13 heteroatoms. The molecule has 192 valence electrons. The average Bonchev–Trinajstić information content (AvgIpc) is 3.20. The van der Waals surface area contributed by atoms with Crippen LogP contribution in [0.25, 0.3) is 0 Å². The van der Waals surface area contributed by atoms with E-state index in [1.165, 1.54) is 19.2 Å². The number of carbonyl (C=O) groups is 3. The Kier molecular flexibility index (Phi) is 8.03. The van der Waals surface area contributed by atoms with Gasteiger partial charge in [-0.05, 0) is 18.2 Å². The SMILES string of the molecule is COCC(=O)N(CC(F)(F)F)C1C=C(C(=O)NCCO)C2c3cc(C=O)cc(OC)c3OC2C1O. The number of aliphatic hydroxyl groups is 2. The van der Waals surface area contributed by atoms with Crippen molar-refractivity contribution in [2.24, 2.45) is 0 Å². The van der Waals surface area contributed by atoms with Gasteiger partial charge in [0, 0.05) is 30.4 Å². The Morgan fingerprint density at radius 1 is 1.29 bits per heavy atom. The van der Waals surface area contributed by atoms with E-state index < -0.39 is 61.9 Å². The quantitative estimate of drug-likeness (QED) is 0.407. The molecule has 0 saturated heterocycles. The summed E-state index contributed by atoms with van der Waals surface area (Å²) in [5, 5.41) is 22.6. The van der Waals surface area contributed by atoms with Crippen LogP contribution in [0.1, 0.15) is 21.8 Å². The van der Waals surface area contributed by atoms with Crippen LogP contribution in [0.3, 0.4) is 0 Å². The van der Waals surface area contributed by atoms with Crippen LogP contribution in [0.2, 0.25) is 0 Å². The standard InChI is InChI=1S/C22H25F3N2O8/c1-33-9-16(30)27(10-22(23,24)25)14-7-13(21(32)26-3-4-28)17-12-5-11(8-29)6-15(34-2)19(12)35-20(17)18(14)31/h5-8,14,17-18,20,28,31H,3-4,9-10H2,1-2H3,(H,26,32). The normalized spacial score (nSPS) is 22.9. The van der Waals surface area contributed by atoms with Crippen LogP contribution >= 0.6 is 0 Å². The largest absolute Gasteiger partial charge is 0.493 e. The lowest BCUT2D eigenvalue weighted by atomic mass is 9.77. The molecule has 4 unspecified atom stereocenters. The summed E-state index contributed by atoms with van der Waals surface area (Å²) in [7, 11) is 2.45. The fourth-order valence-electron chi connectivity index (χ4n) is 4.32. The first kappa shape index (κ1) is 26.4. The predicted molar refractivity (Wildman–Crippen MR) is 113 cm³/mol. The van der Waals surface area contributed by atoms with Crippen LogP contribution < -0.4 is 14.8 Å². The first-order chi connectivity index (χ1) is 16.6. The average molecular weight is 502 g/mol. The molecule has 2 aliphatic rings. The smallest absolute Gasteiger partial charge is 0.406 e. The number of benzene rings is 1. The maximum absolute atomic E-state index is 13.4. The highest BCUT2D eigenvalue weighted by Gasteiger charge is 2.52. The second kappa shape index (κ2) is 10.6. The topological polar surface area (TPSA) is 135 Å². The molecular weight excluding hydrogens is 477 g/mol. The number of nitrogens with zero attached hydrogens (tertiary/aromatic N) is 1. The lowest BCUT2D eigenvalue weighted by Gasteiger charge is -2.40. The van der Waals surface area contributed by atoms with Crippen molar-refractivity contribution in [2.45, 2.75) is 30.3 Å². The summed E-state index contributed by atoms with van der Waals surface area (Å²) in [6.45, 7) is -2.95. The van der Waals surface area contributed by atoms with Gasteiger partial charge in [0.2, 0.25) is 11.8 Å². The first-order valence-electron chi connectivity index (χ1n) is 10.5. The van der Waals surface area contributed by atoms with Crippen LogP contribution in [-0.4, -0.2) is 98.2 Å². The van der Waals surface area contributed by atoms with Crippen molar-refractivity contribution < 1.29 is 52.0 Å². The molecule has 0 bridgehead atoms. The monoisotopic (exact) mass is 502 g/mol. The zero-order valence-electron chi connectivity index (χ0n) is 18.9. The molecule has 1 aliphatic heterocycles. The van der Waals surface area contributed by atoms with Crippen LogP contribution in [-0.2, 0) is 14.3 Å². The third kappa shape index (κ3) is 5.41. The van der Waals surface area contributed by atoms with Gasteiger partial charge in [0.15, 0.2) is 11.5 Å². The Morgan fingerprint density at radius 2 is 2.00 bits per heavy atom. The van der Waals surface area contributed by atoms with Crippen molar-refractivity contribution in [3.8, 4) is 11.5 Å². The maximum atomic E-state index is 13.4. The number of amides is 2. The number of hydrogen-bond donors (Lipinski definition) is 3. The molecule has 1 aliphatic carbocycles. The summed E-state index contributed by atoms with van der Waals surface area (Å²) >= 11 is 0. The Balaban J connectivity index is 2.15. The van der Waals surface area contributed by atoms with Gasteiger partial charge in [-0.3, -0.25) is 14.4 Å². The predicted octanol–water partition coefficient (Wildman–Crippen LogP) is 0.168. The van der Waals surface area contributed by atoms with Gasteiger partial charge in [0.05, 0.1) is 25.7 Å². The minimum Gasteiger partial charge on any atom is -0.493 e. The zero-order valence-corrected chi connectivity index (χ0v) is 18.9. The van der Waals surface area contributed by atoms with Crippen molar-refractivity contribution >= 4 is 18.1 Å². The Bertz CT molecular complexity index is 1010. The molecule has 4 atom stereocenters. The highest BCUT2D eigenvalue weighted by Crippen LogP contribution is 2.51. The lowest BCUT2D eigenvalue weighted by Crippen LogP contribution is -2.58. The molecular formula is C22H25F3N2O8. The molecule has 3 N–H and O–H groups in total. The van der Waals surface area contributed by atoms with E-state index >= 15 is 0 Å². The van der Waals surface area contributed by atoms with Crippen molar-refractivity contribution in [3.05, 3.63) is 34.9 Å². The molecule has 2 amide bonds. The van der Waals surface area contributed by atoms with Gasteiger partial charge in [-0.15, -0.1) is 0 Å². The number of methoxy groups -OCH3 is 2. The summed E-state index contributed by atoms with van der Waals surface area (Å²) < 4.78 is 55.9. The van der Waals surface area contributed by atoms with E-state index in [4.69, 9.17) is 19.3 Å². The van der Waals surface area contributed by atoms with E-state index in [1.807, 2.05) is 0 Å². The molecule has 0 saturated carbocycles. The number of ether oxygens (including phenoxy) is 3. The minimum atomic E-state index is -4.81. The number of fused-ring (bicyclic) bond motifs is 3. The van der Waals surface area contributed by atoms with E-state index in [-0.39, 0.29) is 29.2 Å². The number of halogens is 3. The number of aliphatic hydroxyl groups excluding tert-OH is 2. The third-order valence-corrected chi connectivity index (χ3v) is 5.71. The van der Waals surface area contributed by atoms with E-state index in [0.717, 1.165) is 13.2 Å². The highest BCUT2D eigenvalue weighted by molar-refractivity contribution is 5.96. The molecule has 0 radical (unpaired) electrons. The second-order valence-electron chi connectivity index (χ2n) is 7.97. The van der Waals surface area contributed by atoms with Crippen molar-refractivity contribution in [1.82, 2.24) is 10.2 Å². The number of alkyl halides is 3. The number of hydrogen-bond acceptors (Lipinski definition) is 8. The third-order valence-electron chi connectivity index (χ3n) is 5.71. The molecule has 0 fully saturated rings. The van der Waals surface area contributed by atoms with Crippen LogP contribution in [0.15, 0.2) is 23.8 Å². The highest BCUT2D eigenvalue weighted by atomic mass is 19.4. The zero-order chi connectivity index (χ0) is 25.9. The van der Waals surface area contributed by atoms with Crippen molar-refractivity contribution in [3.63, 3.8) is 0 Å². The molecule has 10 nitrogen and oxygen atoms in total. The summed E-state index contributed by atoms with van der Waals surface area (Å²) in [4.78, 5) is 37.3. The van der Waals surface area contributed by atoms with E-state index in [2.05, 4.69) is 5.32 Å². The van der Waals surface area contributed by atoms with Gasteiger partial charge in [-0.1, -0.05) is 0 Å². The Morgan fingerprint density at radius 3 is 2.57 bits per heavy atom. The number of carbonyl (C=O) groups excluding carboxylic acids is 3. The summed E-state index contributed by atoms with van der Waals surface area (Å²) in [6.07, 6.45) is -6.15. The van der Waals surface area contributed by atoms with Crippen LogP contribution in [0.5, 0.6) is 11.5 Å². The molecule has 1 heterocycles. The van der Waals surface area contributed by atoms with E-state index in [1.54, 1.807) is 0 Å². The van der Waals surface area contributed by atoms with E-state index in [9.17, 15) is 32.7 Å². The number of aldehydes is 1. The number of nitrogens with one attached hydrogen (secondary N) is 1. The van der Waals surface area contributed by atoms with Gasteiger partial charge in [-0.2, -0.15) is 13.2 Å². The summed E-state index contributed by atoms with van der Waals surface area (Å²) in [5.74, 6) is -2.56. The molecule has 1 aromatic rings. The van der Waals surface area contributed by atoms with Crippen LogP contribution in [0, 0.1) is 0 Å². The van der Waals surface area contributed by atoms with Gasteiger partial charge >= 0.3 is 6.18 Å². The van der Waals surface area contributed by atoms with Crippen molar-refractivity contribution in [1.29, 1.82) is 0 Å². The maximum Gasteiger partial charge on any atom is 0.406 e. The lowest BCUT2D eigenvalue weighted by molar-refractivity contribution is -0.172. The van der Waals surface area contributed by atoms with Gasteiger partial charge in [0.1, 0.15) is 31.6 Å². The van der Waals surface area contributed by atoms with Crippen LogP contribution in [0.4, 0.5) is 13.2 Å². The fourth-order valence-corrected chi connectivity index (χ4v) is 4.32. The summed E-state index contributed by atoms with van der Waals surface area (Å²) in [5.41, 5.74) is 0.399. The minimum absolute atomic E-state index is 0.0972. The van der Waals surface area contributed by atoms with Gasteiger partial charge in [0.25, 0.3) is 0 Å². The van der Waals surface area contributed by atoms with Crippen molar-refractivity contribution in [2.75, 3.05) is 40.5 Å². The molecule has 1 aromatic carbocycles. The Labute approximate surface area is 198 Å². The molecule has 3 rings (SSSR count). The first-order valence-corrected chi connectivity index (χ1v) is 10.5. The van der Waals surface area contributed by atoms with Gasteiger partial charge < -0.3 is 34.6 Å². The summed E-state index contributed by atoms with van der Waals surface area (Å²) in [6, 6.07) is 1.21. The molecule has 0 aromatic heterocycles. The Hall–Kier alpha value is -3.16. The molecule has 35 heavy (non-hydrogen) atoms.